The average Bonchev–Trinajstić information content (AvgIpc) is 3.55. The Labute approximate surface area is 194 Å². The number of rotatable bonds is 9. The highest BCUT2D eigenvalue weighted by molar-refractivity contribution is 7.89. The van der Waals surface area contributed by atoms with Gasteiger partial charge in [-0.2, -0.15) is 0 Å². The van der Waals surface area contributed by atoms with Crippen molar-refractivity contribution >= 4 is 21.8 Å². The van der Waals surface area contributed by atoms with E-state index in [4.69, 9.17) is 5.73 Å². The molecule has 2 atom stereocenters. The largest absolute Gasteiger partial charge is 0.370 e. The molecule has 0 spiro atoms. The number of nitrogens with two attached hydrogens (primary N) is 1. The SMILES string of the molecule is NC(=O)CCC12CC3CC(C1)C(NC(=O)C1(CNS(=O)(=O)c4ccccc4F)CC1)C(C3)C2. The normalized spacial score (nSPS) is 33.6. The Morgan fingerprint density at radius 2 is 1.76 bits per heavy atom. The minimum Gasteiger partial charge on any atom is -0.370 e. The van der Waals surface area contributed by atoms with E-state index in [1.54, 1.807) is 0 Å². The van der Waals surface area contributed by atoms with Crippen LogP contribution in [0.15, 0.2) is 29.2 Å². The number of benzene rings is 1. The third-order valence-electron chi connectivity index (χ3n) is 8.66. The molecule has 4 bridgehead atoms. The Morgan fingerprint density at radius 3 is 2.36 bits per heavy atom. The summed E-state index contributed by atoms with van der Waals surface area (Å²) < 4.78 is 41.6. The van der Waals surface area contributed by atoms with Crippen LogP contribution in [0.3, 0.4) is 0 Å². The van der Waals surface area contributed by atoms with Gasteiger partial charge in [0, 0.05) is 19.0 Å². The Bertz CT molecular complexity index is 1060. The number of sulfonamides is 1. The third kappa shape index (κ3) is 4.30. The molecule has 0 aliphatic heterocycles. The van der Waals surface area contributed by atoms with Crippen LogP contribution < -0.4 is 15.8 Å². The van der Waals surface area contributed by atoms with Crippen molar-refractivity contribution in [1.82, 2.24) is 10.0 Å². The number of carbonyl (C=O) groups is 2. The van der Waals surface area contributed by atoms with Gasteiger partial charge in [0.15, 0.2) is 0 Å². The second-order valence-corrected chi connectivity index (χ2v) is 12.7. The van der Waals surface area contributed by atoms with E-state index in [2.05, 4.69) is 10.0 Å². The van der Waals surface area contributed by atoms with Gasteiger partial charge in [0.05, 0.1) is 5.41 Å². The maximum absolute atomic E-state index is 14.0. The van der Waals surface area contributed by atoms with E-state index < -0.39 is 26.2 Å². The van der Waals surface area contributed by atoms with Gasteiger partial charge in [0.1, 0.15) is 10.7 Å². The third-order valence-corrected chi connectivity index (χ3v) is 10.1. The Morgan fingerprint density at radius 1 is 1.09 bits per heavy atom. The minimum absolute atomic E-state index is 0.0251. The van der Waals surface area contributed by atoms with Gasteiger partial charge in [-0.15, -0.1) is 0 Å². The van der Waals surface area contributed by atoms with Crippen LogP contribution in [0.1, 0.15) is 57.8 Å². The highest BCUT2D eigenvalue weighted by Gasteiger charge is 2.57. The summed E-state index contributed by atoms with van der Waals surface area (Å²) in [5, 5.41) is 3.29. The highest BCUT2D eigenvalue weighted by atomic mass is 32.2. The molecule has 1 aromatic carbocycles. The van der Waals surface area contributed by atoms with Crippen molar-refractivity contribution in [3.8, 4) is 0 Å². The summed E-state index contributed by atoms with van der Waals surface area (Å²) >= 11 is 0. The topological polar surface area (TPSA) is 118 Å². The molecule has 0 radical (unpaired) electrons. The zero-order valence-corrected chi connectivity index (χ0v) is 19.5. The molecule has 4 N–H and O–H groups in total. The summed E-state index contributed by atoms with van der Waals surface area (Å²) in [6, 6.07) is 5.35. The molecular weight excluding hydrogens is 445 g/mol. The molecular formula is C24H32FN3O4S. The fraction of sp³-hybridized carbons (Fsp3) is 0.667. The molecule has 5 saturated carbocycles. The molecule has 0 heterocycles. The van der Waals surface area contributed by atoms with Crippen LogP contribution in [0.25, 0.3) is 0 Å². The number of hydrogen-bond donors (Lipinski definition) is 3. The van der Waals surface area contributed by atoms with Crippen molar-refractivity contribution in [1.29, 1.82) is 0 Å². The second kappa shape index (κ2) is 8.05. The van der Waals surface area contributed by atoms with E-state index >= 15 is 0 Å². The van der Waals surface area contributed by atoms with E-state index in [1.165, 1.54) is 18.2 Å². The lowest BCUT2D eigenvalue weighted by atomic mass is 9.47. The molecule has 5 aliphatic rings. The fourth-order valence-corrected chi connectivity index (χ4v) is 8.24. The maximum atomic E-state index is 14.0. The molecule has 9 heteroatoms. The van der Waals surface area contributed by atoms with E-state index in [-0.39, 0.29) is 29.8 Å². The number of carbonyl (C=O) groups excluding carboxylic acids is 2. The molecule has 1 aromatic rings. The summed E-state index contributed by atoms with van der Waals surface area (Å²) in [7, 11) is -4.03. The van der Waals surface area contributed by atoms with E-state index in [1.807, 2.05) is 0 Å². The van der Waals surface area contributed by atoms with Gasteiger partial charge in [-0.3, -0.25) is 9.59 Å². The molecule has 2 amide bonds. The van der Waals surface area contributed by atoms with Crippen molar-refractivity contribution in [2.24, 2.45) is 34.3 Å². The number of hydrogen-bond acceptors (Lipinski definition) is 4. The monoisotopic (exact) mass is 477 g/mol. The molecule has 0 aromatic heterocycles. The van der Waals surface area contributed by atoms with Gasteiger partial charge in [0.25, 0.3) is 0 Å². The van der Waals surface area contributed by atoms with Crippen LogP contribution in [0.2, 0.25) is 0 Å². The Hall–Kier alpha value is -2.00. The molecule has 180 valence electrons. The van der Waals surface area contributed by atoms with Crippen LogP contribution in [0, 0.1) is 34.4 Å². The number of halogens is 1. The summed E-state index contributed by atoms with van der Waals surface area (Å²) in [5.74, 6) is 0.314. The highest BCUT2D eigenvalue weighted by Crippen LogP contribution is 2.62. The number of amides is 2. The van der Waals surface area contributed by atoms with E-state index in [9.17, 15) is 22.4 Å². The smallest absolute Gasteiger partial charge is 0.243 e. The molecule has 5 fully saturated rings. The van der Waals surface area contributed by atoms with Crippen LogP contribution in [0.5, 0.6) is 0 Å². The summed E-state index contributed by atoms with van der Waals surface area (Å²) in [5.41, 5.74) is 4.84. The van der Waals surface area contributed by atoms with Gasteiger partial charge in [0.2, 0.25) is 21.8 Å². The quantitative estimate of drug-likeness (QED) is 0.506. The van der Waals surface area contributed by atoms with Crippen molar-refractivity contribution < 1.29 is 22.4 Å². The summed E-state index contributed by atoms with van der Waals surface area (Å²) in [6.45, 7) is -0.0251. The van der Waals surface area contributed by atoms with Crippen LogP contribution in [-0.4, -0.2) is 32.8 Å². The summed E-state index contributed by atoms with van der Waals surface area (Å²) in [4.78, 5) is 24.2. The first-order chi connectivity index (χ1) is 15.6. The zero-order chi connectivity index (χ0) is 23.4. The van der Waals surface area contributed by atoms with Crippen LogP contribution in [-0.2, 0) is 19.6 Å². The first-order valence-electron chi connectivity index (χ1n) is 11.9. The molecule has 33 heavy (non-hydrogen) atoms. The Kier molecular flexibility index (Phi) is 5.55. The lowest BCUT2D eigenvalue weighted by Gasteiger charge is -2.60. The lowest BCUT2D eigenvalue weighted by molar-refractivity contribution is -0.133. The van der Waals surface area contributed by atoms with Crippen molar-refractivity contribution in [3.05, 3.63) is 30.1 Å². The van der Waals surface area contributed by atoms with Crippen molar-refractivity contribution in [2.75, 3.05) is 6.54 Å². The maximum Gasteiger partial charge on any atom is 0.243 e. The summed E-state index contributed by atoms with van der Waals surface area (Å²) in [6.07, 6.45) is 7.91. The van der Waals surface area contributed by atoms with Crippen LogP contribution in [0.4, 0.5) is 4.39 Å². The second-order valence-electron chi connectivity index (χ2n) is 11.0. The van der Waals surface area contributed by atoms with E-state index in [0.717, 1.165) is 44.6 Å². The van der Waals surface area contributed by atoms with Crippen molar-refractivity contribution in [3.63, 3.8) is 0 Å². The molecule has 0 saturated heterocycles. The predicted octanol–water partition coefficient (Wildman–Crippen LogP) is 2.46. The fourth-order valence-electron chi connectivity index (χ4n) is 7.04. The van der Waals surface area contributed by atoms with Crippen LogP contribution >= 0.6 is 0 Å². The lowest BCUT2D eigenvalue weighted by Crippen LogP contribution is -2.60. The molecule has 2 unspecified atom stereocenters. The first-order valence-corrected chi connectivity index (χ1v) is 13.4. The Balaban J connectivity index is 1.22. The number of primary amides is 1. The number of nitrogens with one attached hydrogen (secondary N) is 2. The van der Waals surface area contributed by atoms with Gasteiger partial charge < -0.3 is 11.1 Å². The predicted molar refractivity (Wildman–Crippen MR) is 120 cm³/mol. The van der Waals surface area contributed by atoms with Gasteiger partial charge in [-0.05, 0) is 86.7 Å². The average molecular weight is 478 g/mol. The standard InChI is InChI=1S/C24H32FN3O4S/c25-18-3-1-2-4-19(18)33(31,32)27-14-24(7-8-24)22(30)28-21-16-9-15-10-17(21)13-23(11-15,12-16)6-5-20(26)29/h1-4,15-17,21,27H,5-14H2,(H2,26,29)(H,28,30). The first kappa shape index (κ1) is 22.8. The van der Waals surface area contributed by atoms with Gasteiger partial charge >= 0.3 is 0 Å². The molecule has 7 nitrogen and oxygen atoms in total. The van der Waals surface area contributed by atoms with Gasteiger partial charge in [-0.1, -0.05) is 12.1 Å². The molecule has 5 aliphatic carbocycles. The molecule has 6 rings (SSSR count). The minimum atomic E-state index is -4.03. The van der Waals surface area contributed by atoms with Crippen molar-refractivity contribution in [2.45, 2.75) is 68.7 Å². The van der Waals surface area contributed by atoms with Gasteiger partial charge in [-0.25, -0.2) is 17.5 Å². The van der Waals surface area contributed by atoms with E-state index in [0.29, 0.717) is 37.0 Å². The zero-order valence-electron chi connectivity index (χ0n) is 18.7.